The second-order valence-corrected chi connectivity index (χ2v) is 5.20. The van der Waals surface area contributed by atoms with E-state index in [0.717, 1.165) is 0 Å². The van der Waals surface area contributed by atoms with Crippen molar-refractivity contribution in [2.24, 2.45) is 0 Å². The smallest absolute Gasteiger partial charge is 0.342 e. The highest BCUT2D eigenvalue weighted by Gasteiger charge is 2.34. The summed E-state index contributed by atoms with van der Waals surface area (Å²) in [5, 5.41) is 7.53. The molecule has 0 saturated carbocycles. The zero-order valence-corrected chi connectivity index (χ0v) is 12.2. The molecule has 0 radical (unpaired) electrons. The summed E-state index contributed by atoms with van der Waals surface area (Å²) in [6, 6.07) is -0.0269. The number of hydrogen-bond donors (Lipinski definition) is 0. The van der Waals surface area contributed by atoms with Crippen molar-refractivity contribution in [3.63, 3.8) is 0 Å². The monoisotopic (exact) mass is 305 g/mol. The van der Waals surface area contributed by atoms with Gasteiger partial charge in [0.15, 0.2) is 0 Å². The molecule has 0 N–H and O–H groups in total. The first kappa shape index (κ1) is 15.6. The first-order valence-corrected chi connectivity index (χ1v) is 6.72. The normalized spacial score (nSPS) is 20.3. The Morgan fingerprint density at radius 3 is 2.57 bits per heavy atom. The number of nitrogens with zero attached hydrogens (tertiary/aromatic N) is 5. The molecule has 1 saturated heterocycles. The van der Waals surface area contributed by atoms with Gasteiger partial charge in [0.1, 0.15) is 18.8 Å². The van der Waals surface area contributed by atoms with Gasteiger partial charge in [0, 0.05) is 26.2 Å². The van der Waals surface area contributed by atoms with Crippen LogP contribution in [0.15, 0.2) is 0 Å². The minimum atomic E-state index is -4.33. The molecule has 0 aromatic carbocycles. The second kappa shape index (κ2) is 5.53. The first-order valence-electron chi connectivity index (χ1n) is 6.72. The highest BCUT2D eigenvalue weighted by molar-refractivity contribution is 5.82. The SMILES string of the molecule is CCn1c(CC(F)(F)F)nnc1N1CC(=O)N(C)CC1C. The van der Waals surface area contributed by atoms with Crippen LogP contribution in [0, 0.1) is 0 Å². The summed E-state index contributed by atoms with van der Waals surface area (Å²) in [6.45, 7) is 4.56. The zero-order chi connectivity index (χ0) is 15.8. The Morgan fingerprint density at radius 1 is 1.33 bits per heavy atom. The van der Waals surface area contributed by atoms with Crippen molar-refractivity contribution in [3.05, 3.63) is 5.82 Å². The average Bonchev–Trinajstić information content (AvgIpc) is 2.74. The van der Waals surface area contributed by atoms with Gasteiger partial charge in [-0.05, 0) is 13.8 Å². The van der Waals surface area contributed by atoms with Gasteiger partial charge in [-0.2, -0.15) is 13.2 Å². The number of piperazine rings is 1. The van der Waals surface area contributed by atoms with Crippen molar-refractivity contribution < 1.29 is 18.0 Å². The summed E-state index contributed by atoms with van der Waals surface area (Å²) in [5.41, 5.74) is 0. The Kier molecular flexibility index (Phi) is 4.11. The fraction of sp³-hybridized carbons (Fsp3) is 0.750. The molecular formula is C12H18F3N5O. The fourth-order valence-corrected chi connectivity index (χ4v) is 2.46. The van der Waals surface area contributed by atoms with Crippen LogP contribution < -0.4 is 4.90 Å². The van der Waals surface area contributed by atoms with Gasteiger partial charge in [-0.15, -0.1) is 10.2 Å². The number of amides is 1. The van der Waals surface area contributed by atoms with Crippen LogP contribution in [0.2, 0.25) is 0 Å². The van der Waals surface area contributed by atoms with E-state index in [-0.39, 0.29) is 24.3 Å². The molecule has 1 unspecified atom stereocenters. The third kappa shape index (κ3) is 3.27. The summed E-state index contributed by atoms with van der Waals surface area (Å²) in [5.74, 6) is 0.111. The lowest BCUT2D eigenvalue weighted by Crippen LogP contribution is -2.54. The maximum Gasteiger partial charge on any atom is 0.396 e. The molecule has 21 heavy (non-hydrogen) atoms. The maximum atomic E-state index is 12.5. The van der Waals surface area contributed by atoms with Gasteiger partial charge in [0.25, 0.3) is 0 Å². The number of likely N-dealkylation sites (N-methyl/N-ethyl adjacent to an activating group) is 1. The van der Waals surface area contributed by atoms with Crippen LogP contribution in [-0.2, 0) is 17.8 Å². The lowest BCUT2D eigenvalue weighted by Gasteiger charge is -2.38. The molecule has 0 spiro atoms. The third-order valence-electron chi connectivity index (χ3n) is 3.54. The molecule has 2 rings (SSSR count). The van der Waals surface area contributed by atoms with Crippen LogP contribution in [0.1, 0.15) is 19.7 Å². The topological polar surface area (TPSA) is 54.3 Å². The van der Waals surface area contributed by atoms with Crippen molar-refractivity contribution in [2.45, 2.75) is 39.0 Å². The van der Waals surface area contributed by atoms with E-state index < -0.39 is 12.6 Å². The number of carbonyl (C=O) groups excluding carboxylic acids is 1. The first-order chi connectivity index (χ1) is 9.73. The van der Waals surface area contributed by atoms with E-state index in [2.05, 4.69) is 10.2 Å². The largest absolute Gasteiger partial charge is 0.396 e. The number of halogens is 3. The van der Waals surface area contributed by atoms with Crippen LogP contribution in [0.25, 0.3) is 0 Å². The van der Waals surface area contributed by atoms with Gasteiger partial charge in [-0.1, -0.05) is 0 Å². The quantitative estimate of drug-likeness (QED) is 0.838. The van der Waals surface area contributed by atoms with E-state index in [0.29, 0.717) is 19.0 Å². The van der Waals surface area contributed by atoms with Gasteiger partial charge in [0.2, 0.25) is 11.9 Å². The molecule has 0 aliphatic carbocycles. The van der Waals surface area contributed by atoms with E-state index in [4.69, 9.17) is 0 Å². The molecule has 1 fully saturated rings. The molecular weight excluding hydrogens is 287 g/mol. The Balaban J connectivity index is 2.29. The molecule has 1 aliphatic heterocycles. The van der Waals surface area contributed by atoms with E-state index in [9.17, 15) is 18.0 Å². The molecule has 2 heterocycles. The fourth-order valence-electron chi connectivity index (χ4n) is 2.46. The summed E-state index contributed by atoms with van der Waals surface area (Å²) in [7, 11) is 1.70. The van der Waals surface area contributed by atoms with Crippen LogP contribution in [-0.4, -0.2) is 57.9 Å². The van der Waals surface area contributed by atoms with Crippen molar-refractivity contribution in [3.8, 4) is 0 Å². The number of hydrogen-bond acceptors (Lipinski definition) is 4. The van der Waals surface area contributed by atoms with Gasteiger partial charge in [-0.3, -0.25) is 9.36 Å². The van der Waals surface area contributed by atoms with Gasteiger partial charge in [0.05, 0.1) is 0 Å². The second-order valence-electron chi connectivity index (χ2n) is 5.20. The van der Waals surface area contributed by atoms with Crippen LogP contribution in [0.5, 0.6) is 0 Å². The molecule has 6 nitrogen and oxygen atoms in total. The number of aromatic nitrogens is 3. The zero-order valence-electron chi connectivity index (χ0n) is 12.2. The Hall–Kier alpha value is -1.80. The molecule has 1 amide bonds. The Morgan fingerprint density at radius 2 is 2.00 bits per heavy atom. The maximum absolute atomic E-state index is 12.5. The highest BCUT2D eigenvalue weighted by atomic mass is 19.4. The summed E-state index contributed by atoms with van der Waals surface area (Å²) >= 11 is 0. The van der Waals surface area contributed by atoms with Gasteiger partial charge in [-0.25, -0.2) is 0 Å². The third-order valence-corrected chi connectivity index (χ3v) is 3.54. The average molecular weight is 305 g/mol. The lowest BCUT2D eigenvalue weighted by molar-refractivity contribution is -0.130. The highest BCUT2D eigenvalue weighted by Crippen LogP contribution is 2.24. The number of rotatable bonds is 3. The van der Waals surface area contributed by atoms with Crippen LogP contribution in [0.4, 0.5) is 19.1 Å². The standard InChI is InChI=1S/C12H18F3N5O/c1-4-19-9(5-12(13,14)15)16-17-11(19)20-7-10(21)18(3)6-8(20)2/h8H,4-7H2,1-3H3. The Bertz CT molecular complexity index is 527. The Labute approximate surface area is 120 Å². The summed E-state index contributed by atoms with van der Waals surface area (Å²) < 4.78 is 39.1. The van der Waals surface area contributed by atoms with Crippen molar-refractivity contribution in [1.29, 1.82) is 0 Å². The van der Waals surface area contributed by atoms with E-state index in [1.807, 2.05) is 6.92 Å². The number of anilines is 1. The molecule has 0 bridgehead atoms. The van der Waals surface area contributed by atoms with E-state index >= 15 is 0 Å². The van der Waals surface area contributed by atoms with Gasteiger partial charge >= 0.3 is 6.18 Å². The molecule has 1 aliphatic rings. The number of carbonyl (C=O) groups is 1. The molecule has 9 heteroatoms. The number of alkyl halides is 3. The molecule has 1 aromatic rings. The predicted octanol–water partition coefficient (Wildman–Crippen LogP) is 1.07. The summed E-state index contributed by atoms with van der Waals surface area (Å²) in [6.07, 6.45) is -5.45. The summed E-state index contributed by atoms with van der Waals surface area (Å²) in [4.78, 5) is 15.1. The van der Waals surface area contributed by atoms with E-state index in [1.54, 1.807) is 23.8 Å². The minimum Gasteiger partial charge on any atom is -0.342 e. The molecule has 118 valence electrons. The van der Waals surface area contributed by atoms with Crippen LogP contribution >= 0.6 is 0 Å². The minimum absolute atomic E-state index is 0.0269. The van der Waals surface area contributed by atoms with Crippen molar-refractivity contribution >= 4 is 11.9 Å². The van der Waals surface area contributed by atoms with Crippen molar-refractivity contribution in [1.82, 2.24) is 19.7 Å². The molecule has 1 aromatic heterocycles. The lowest BCUT2D eigenvalue weighted by atomic mass is 10.2. The van der Waals surface area contributed by atoms with E-state index in [1.165, 1.54) is 4.57 Å². The van der Waals surface area contributed by atoms with Crippen LogP contribution in [0.3, 0.4) is 0 Å². The predicted molar refractivity (Wildman–Crippen MR) is 69.9 cm³/mol. The van der Waals surface area contributed by atoms with Crippen molar-refractivity contribution in [2.75, 3.05) is 25.0 Å². The van der Waals surface area contributed by atoms with Gasteiger partial charge < -0.3 is 9.80 Å². The molecule has 1 atom stereocenters.